The molecule has 82 valence electrons. The molecule has 1 aromatic heterocycles. The molecule has 0 unspecified atom stereocenters. The number of hydrogen-bond acceptors (Lipinski definition) is 3. The van der Waals surface area contributed by atoms with Gasteiger partial charge >= 0.3 is 6.09 Å². The number of halogens is 1. The Balaban J connectivity index is 2.75. The summed E-state index contributed by atoms with van der Waals surface area (Å²) in [4.78, 5) is 21.2. The van der Waals surface area contributed by atoms with Gasteiger partial charge in [-0.1, -0.05) is 11.6 Å². The normalized spacial score (nSPS) is 10.3. The predicted molar refractivity (Wildman–Crippen MR) is 57.9 cm³/mol. The maximum atomic E-state index is 10.9. The monoisotopic (exact) mass is 239 g/mol. The molecule has 7 heteroatoms. The summed E-state index contributed by atoms with van der Waals surface area (Å²) in [5, 5.41) is 15.9. The number of hydrogen-bond donors (Lipinski definition) is 2. The molecule has 0 saturated carbocycles. The summed E-state index contributed by atoms with van der Waals surface area (Å²) in [6, 6.07) is 4.65. The molecule has 0 saturated heterocycles. The van der Waals surface area contributed by atoms with E-state index >= 15 is 0 Å². The Kier molecular flexibility index (Phi) is 2.49. The molecule has 1 aromatic carbocycles. The first-order chi connectivity index (χ1) is 7.63. The first kappa shape index (κ1) is 10.4. The van der Waals surface area contributed by atoms with Crippen molar-refractivity contribution < 1.29 is 14.7 Å². The van der Waals surface area contributed by atoms with Gasteiger partial charge in [0.2, 0.25) is 6.41 Å². The second-order valence-corrected chi connectivity index (χ2v) is 3.40. The zero-order chi connectivity index (χ0) is 11.7. The number of carboxylic acid groups (broad SMARTS) is 1. The van der Waals surface area contributed by atoms with Crippen LogP contribution in [0.3, 0.4) is 0 Å². The van der Waals surface area contributed by atoms with Crippen LogP contribution in [-0.4, -0.2) is 27.4 Å². The molecular formula is C9H6ClN3O3. The van der Waals surface area contributed by atoms with Crippen LogP contribution in [0, 0.1) is 0 Å². The average Bonchev–Trinajstić information content (AvgIpc) is 2.57. The highest BCUT2D eigenvalue weighted by atomic mass is 35.5. The Labute approximate surface area is 94.4 Å². The minimum absolute atomic E-state index is 0.184. The van der Waals surface area contributed by atoms with E-state index in [1.54, 1.807) is 12.1 Å². The van der Waals surface area contributed by atoms with E-state index in [0.29, 0.717) is 22.3 Å². The molecule has 0 spiro atoms. The molecule has 0 aliphatic carbocycles. The van der Waals surface area contributed by atoms with E-state index in [1.807, 2.05) is 0 Å². The minimum Gasteiger partial charge on any atom is -0.463 e. The molecule has 0 bridgehead atoms. The molecule has 0 atom stereocenters. The molecule has 2 aromatic rings. The lowest BCUT2D eigenvalue weighted by atomic mass is 10.2. The van der Waals surface area contributed by atoms with Gasteiger partial charge in [-0.25, -0.2) is 4.79 Å². The molecule has 1 amide bonds. The maximum Gasteiger partial charge on any atom is 0.432 e. The molecule has 0 aliphatic heterocycles. The van der Waals surface area contributed by atoms with Crippen molar-refractivity contribution in [2.45, 2.75) is 0 Å². The van der Waals surface area contributed by atoms with Crippen LogP contribution < -0.4 is 5.32 Å². The van der Waals surface area contributed by atoms with Crippen LogP contribution in [-0.2, 0) is 4.79 Å². The number of nitrogens with zero attached hydrogens (tertiary/aromatic N) is 2. The van der Waals surface area contributed by atoms with E-state index in [9.17, 15) is 9.59 Å². The largest absolute Gasteiger partial charge is 0.463 e. The molecule has 0 aliphatic rings. The second kappa shape index (κ2) is 3.82. The zero-order valence-electron chi connectivity index (χ0n) is 7.85. The van der Waals surface area contributed by atoms with E-state index in [2.05, 4.69) is 10.4 Å². The Morgan fingerprint density at radius 2 is 2.31 bits per heavy atom. The van der Waals surface area contributed by atoms with Gasteiger partial charge in [0, 0.05) is 10.4 Å². The van der Waals surface area contributed by atoms with Gasteiger partial charge in [-0.2, -0.15) is 4.68 Å². The number of amides is 1. The van der Waals surface area contributed by atoms with Crippen molar-refractivity contribution in [3.8, 4) is 0 Å². The van der Waals surface area contributed by atoms with Crippen molar-refractivity contribution in [1.82, 2.24) is 9.78 Å². The fourth-order valence-electron chi connectivity index (χ4n) is 1.40. The van der Waals surface area contributed by atoms with Crippen LogP contribution in [0.1, 0.15) is 0 Å². The van der Waals surface area contributed by atoms with Gasteiger partial charge in [-0.3, -0.25) is 4.79 Å². The molecule has 2 N–H and O–H groups in total. The molecule has 2 rings (SSSR count). The van der Waals surface area contributed by atoms with Crippen molar-refractivity contribution in [2.75, 3.05) is 5.32 Å². The number of anilines is 1. The minimum atomic E-state index is -1.24. The lowest BCUT2D eigenvalue weighted by Gasteiger charge is -1.95. The number of benzene rings is 1. The molecule has 0 fully saturated rings. The Morgan fingerprint density at radius 3 is 2.94 bits per heavy atom. The zero-order valence-corrected chi connectivity index (χ0v) is 8.60. The third-order valence-corrected chi connectivity index (χ3v) is 2.26. The topological polar surface area (TPSA) is 84.2 Å². The molecule has 0 radical (unpaired) electrons. The van der Waals surface area contributed by atoms with Crippen LogP contribution >= 0.6 is 11.6 Å². The number of nitrogens with one attached hydrogen (secondary N) is 1. The average molecular weight is 240 g/mol. The van der Waals surface area contributed by atoms with Gasteiger partial charge in [-0.15, -0.1) is 5.10 Å². The second-order valence-electron chi connectivity index (χ2n) is 2.97. The third-order valence-electron chi connectivity index (χ3n) is 2.02. The highest BCUT2D eigenvalue weighted by Gasteiger charge is 2.14. The summed E-state index contributed by atoms with van der Waals surface area (Å²) in [5.74, 6) is 0.184. The fourth-order valence-corrected chi connectivity index (χ4v) is 1.56. The fraction of sp³-hybridized carbons (Fsp3) is 0. The molecule has 6 nitrogen and oxygen atoms in total. The van der Waals surface area contributed by atoms with Crippen molar-refractivity contribution in [1.29, 1.82) is 0 Å². The Morgan fingerprint density at radius 1 is 1.56 bits per heavy atom. The van der Waals surface area contributed by atoms with Gasteiger partial charge in [0.15, 0.2) is 5.82 Å². The van der Waals surface area contributed by atoms with Gasteiger partial charge < -0.3 is 10.4 Å². The van der Waals surface area contributed by atoms with E-state index in [1.165, 1.54) is 6.07 Å². The smallest absolute Gasteiger partial charge is 0.432 e. The van der Waals surface area contributed by atoms with Crippen molar-refractivity contribution >= 4 is 40.8 Å². The van der Waals surface area contributed by atoms with Crippen LogP contribution in [0.5, 0.6) is 0 Å². The summed E-state index contributed by atoms with van der Waals surface area (Å²) >= 11 is 5.76. The summed E-state index contributed by atoms with van der Waals surface area (Å²) in [6.07, 6.45) is -0.811. The highest BCUT2D eigenvalue weighted by molar-refractivity contribution is 6.31. The third kappa shape index (κ3) is 1.59. The number of aromatic nitrogens is 2. The predicted octanol–water partition coefficient (Wildman–Crippen LogP) is 1.78. The number of fused-ring (bicyclic) bond motifs is 1. The summed E-state index contributed by atoms with van der Waals surface area (Å²) in [5.41, 5.74) is 0.323. The molecule has 16 heavy (non-hydrogen) atoms. The van der Waals surface area contributed by atoms with Crippen LogP contribution in [0.2, 0.25) is 5.02 Å². The number of carbonyl (C=O) groups is 2. The molecule has 1 heterocycles. The van der Waals surface area contributed by atoms with E-state index in [0.717, 1.165) is 4.68 Å². The number of rotatable bonds is 2. The Hall–Kier alpha value is -2.08. The lowest BCUT2D eigenvalue weighted by molar-refractivity contribution is -0.105. The first-order valence-electron chi connectivity index (χ1n) is 4.25. The van der Waals surface area contributed by atoms with Crippen molar-refractivity contribution in [3.63, 3.8) is 0 Å². The Bertz CT molecular complexity index is 579. The van der Waals surface area contributed by atoms with Crippen LogP contribution in [0.4, 0.5) is 10.6 Å². The molecular weight excluding hydrogens is 234 g/mol. The van der Waals surface area contributed by atoms with E-state index in [-0.39, 0.29) is 5.82 Å². The van der Waals surface area contributed by atoms with Crippen molar-refractivity contribution in [3.05, 3.63) is 23.2 Å². The highest BCUT2D eigenvalue weighted by Crippen LogP contribution is 2.25. The van der Waals surface area contributed by atoms with Crippen molar-refractivity contribution in [2.24, 2.45) is 0 Å². The van der Waals surface area contributed by atoms with Crippen LogP contribution in [0.25, 0.3) is 10.9 Å². The van der Waals surface area contributed by atoms with E-state index in [4.69, 9.17) is 16.7 Å². The number of carbonyl (C=O) groups excluding carboxylic acids is 1. The first-order valence-corrected chi connectivity index (χ1v) is 4.63. The standard InChI is InChI=1S/C9H6ClN3O3/c10-5-1-2-6-7(3-5)13(9(15)16)12-8(6)11-4-14/h1-4H,(H,15,16)(H,11,12,14). The van der Waals surface area contributed by atoms with Gasteiger partial charge in [0.25, 0.3) is 0 Å². The van der Waals surface area contributed by atoms with Gasteiger partial charge in [-0.05, 0) is 18.2 Å². The summed E-state index contributed by atoms with van der Waals surface area (Å²) in [7, 11) is 0. The van der Waals surface area contributed by atoms with E-state index < -0.39 is 6.09 Å². The maximum absolute atomic E-state index is 10.9. The van der Waals surface area contributed by atoms with Gasteiger partial charge in [0.05, 0.1) is 5.52 Å². The SMILES string of the molecule is O=CNc1nn(C(=O)O)c2cc(Cl)ccc12. The lowest BCUT2D eigenvalue weighted by Crippen LogP contribution is -2.09. The quantitative estimate of drug-likeness (QED) is 0.783. The summed E-state index contributed by atoms with van der Waals surface area (Å²) in [6.45, 7) is 0. The van der Waals surface area contributed by atoms with Crippen LogP contribution in [0.15, 0.2) is 18.2 Å². The van der Waals surface area contributed by atoms with Gasteiger partial charge in [0.1, 0.15) is 0 Å². The summed E-state index contributed by atoms with van der Waals surface area (Å²) < 4.78 is 0.757.